The minimum atomic E-state index is -0.0856. The molecule has 0 bridgehead atoms. The van der Waals surface area contributed by atoms with Gasteiger partial charge in [0.1, 0.15) is 17.5 Å². The maximum absolute atomic E-state index is 11.9. The number of anilines is 1. The van der Waals surface area contributed by atoms with Crippen LogP contribution in [0.1, 0.15) is 39.7 Å². The minimum absolute atomic E-state index is 0.0852. The number of rotatable bonds is 3. The molecule has 0 saturated heterocycles. The Kier molecular flexibility index (Phi) is 4.12. The van der Waals surface area contributed by atoms with Crippen molar-refractivity contribution in [3.63, 3.8) is 0 Å². The lowest BCUT2D eigenvalue weighted by atomic mass is 9.80. The van der Waals surface area contributed by atoms with Crippen molar-refractivity contribution in [3.8, 4) is 6.07 Å². The third-order valence-electron chi connectivity index (χ3n) is 3.29. The molecule has 1 rings (SSSR count). The second kappa shape index (κ2) is 5.21. The molecule has 1 amide bonds. The van der Waals surface area contributed by atoms with E-state index in [0.717, 1.165) is 0 Å². The van der Waals surface area contributed by atoms with Gasteiger partial charge < -0.3 is 5.32 Å². The van der Waals surface area contributed by atoms with E-state index in [1.54, 1.807) is 7.05 Å². The van der Waals surface area contributed by atoms with Crippen LogP contribution in [0.5, 0.6) is 0 Å². The van der Waals surface area contributed by atoms with E-state index in [-0.39, 0.29) is 17.2 Å². The van der Waals surface area contributed by atoms with Gasteiger partial charge in [-0.25, -0.2) is 0 Å². The van der Waals surface area contributed by atoms with E-state index in [1.807, 2.05) is 13.0 Å². The molecule has 1 aromatic rings. The average molecular weight is 248 g/mol. The van der Waals surface area contributed by atoms with Crippen LogP contribution >= 0.6 is 0 Å². The standard InChI is InChI=1S/C13H20N4O/c1-9(13(2,3)4)6-11(18)16-12-10(7-14)8-15-17(12)5/h8-9H,6H2,1-5H3,(H,16,18). The Bertz CT molecular complexity index is 476. The highest BCUT2D eigenvalue weighted by atomic mass is 16.1. The number of hydrogen-bond acceptors (Lipinski definition) is 3. The first kappa shape index (κ1) is 14.2. The van der Waals surface area contributed by atoms with Gasteiger partial charge in [0.15, 0.2) is 0 Å². The monoisotopic (exact) mass is 248 g/mol. The lowest BCUT2D eigenvalue weighted by Gasteiger charge is -2.26. The maximum Gasteiger partial charge on any atom is 0.225 e. The molecular formula is C13H20N4O. The number of amides is 1. The van der Waals surface area contributed by atoms with Gasteiger partial charge in [0.2, 0.25) is 5.91 Å². The van der Waals surface area contributed by atoms with Crippen LogP contribution in [0.4, 0.5) is 5.82 Å². The van der Waals surface area contributed by atoms with Gasteiger partial charge in [-0.3, -0.25) is 9.48 Å². The van der Waals surface area contributed by atoms with Crippen LogP contribution in [-0.4, -0.2) is 15.7 Å². The highest BCUT2D eigenvalue weighted by molar-refractivity contribution is 5.91. The zero-order chi connectivity index (χ0) is 13.9. The number of aryl methyl sites for hydroxylation is 1. The summed E-state index contributed by atoms with van der Waals surface area (Å²) < 4.78 is 1.50. The molecule has 1 heterocycles. The predicted octanol–water partition coefficient (Wildman–Crippen LogP) is 2.30. The summed E-state index contributed by atoms with van der Waals surface area (Å²) in [7, 11) is 1.70. The molecule has 0 aliphatic heterocycles. The smallest absolute Gasteiger partial charge is 0.225 e. The second-order valence-corrected chi connectivity index (χ2v) is 5.66. The molecule has 5 heteroatoms. The number of carbonyl (C=O) groups is 1. The Morgan fingerprint density at radius 3 is 2.72 bits per heavy atom. The summed E-state index contributed by atoms with van der Waals surface area (Å²) in [5.41, 5.74) is 0.469. The van der Waals surface area contributed by atoms with Crippen LogP contribution < -0.4 is 5.32 Å². The van der Waals surface area contributed by atoms with E-state index in [9.17, 15) is 4.79 Å². The SMILES string of the molecule is CC(CC(=O)Nc1c(C#N)cnn1C)C(C)(C)C. The highest BCUT2D eigenvalue weighted by Crippen LogP contribution is 2.28. The first-order chi connectivity index (χ1) is 8.25. The molecule has 1 unspecified atom stereocenters. The van der Waals surface area contributed by atoms with E-state index in [0.29, 0.717) is 17.8 Å². The van der Waals surface area contributed by atoms with Crippen molar-refractivity contribution < 1.29 is 4.79 Å². The van der Waals surface area contributed by atoms with Crippen molar-refractivity contribution in [2.45, 2.75) is 34.1 Å². The molecular weight excluding hydrogens is 228 g/mol. The molecule has 0 aliphatic carbocycles. The largest absolute Gasteiger partial charge is 0.310 e. The van der Waals surface area contributed by atoms with Crippen LogP contribution in [0.2, 0.25) is 0 Å². The van der Waals surface area contributed by atoms with Crippen molar-refractivity contribution in [2.24, 2.45) is 18.4 Å². The van der Waals surface area contributed by atoms with Crippen molar-refractivity contribution >= 4 is 11.7 Å². The topological polar surface area (TPSA) is 70.7 Å². The number of aromatic nitrogens is 2. The molecule has 1 N–H and O–H groups in total. The number of nitrogens with zero attached hydrogens (tertiary/aromatic N) is 3. The fourth-order valence-corrected chi connectivity index (χ4v) is 1.43. The number of hydrogen-bond donors (Lipinski definition) is 1. The molecule has 0 aromatic carbocycles. The molecule has 98 valence electrons. The van der Waals surface area contributed by atoms with Crippen molar-refractivity contribution in [1.82, 2.24) is 9.78 Å². The lowest BCUT2D eigenvalue weighted by molar-refractivity contribution is -0.117. The first-order valence-electron chi connectivity index (χ1n) is 5.97. The van der Waals surface area contributed by atoms with E-state index in [4.69, 9.17) is 5.26 Å². The maximum atomic E-state index is 11.9. The van der Waals surface area contributed by atoms with Crippen LogP contribution in [0.25, 0.3) is 0 Å². The second-order valence-electron chi connectivity index (χ2n) is 5.66. The quantitative estimate of drug-likeness (QED) is 0.892. The Hall–Kier alpha value is -1.83. The third kappa shape index (κ3) is 3.33. The van der Waals surface area contributed by atoms with Gasteiger partial charge in [0.05, 0.1) is 6.20 Å². The van der Waals surface area contributed by atoms with Gasteiger partial charge in [-0.1, -0.05) is 27.7 Å². The Morgan fingerprint density at radius 2 is 2.22 bits per heavy atom. The van der Waals surface area contributed by atoms with Crippen molar-refractivity contribution in [2.75, 3.05) is 5.32 Å². The summed E-state index contributed by atoms with van der Waals surface area (Å²) >= 11 is 0. The molecule has 5 nitrogen and oxygen atoms in total. The van der Waals surface area contributed by atoms with Crippen LogP contribution in [0.3, 0.4) is 0 Å². The number of nitriles is 1. The molecule has 0 saturated carbocycles. The van der Waals surface area contributed by atoms with Crippen molar-refractivity contribution in [1.29, 1.82) is 5.26 Å². The molecule has 0 radical (unpaired) electrons. The zero-order valence-corrected chi connectivity index (χ0v) is 11.6. The summed E-state index contributed by atoms with van der Waals surface area (Å²) in [6.45, 7) is 8.37. The van der Waals surface area contributed by atoms with Crippen molar-refractivity contribution in [3.05, 3.63) is 11.8 Å². The lowest BCUT2D eigenvalue weighted by Crippen LogP contribution is -2.24. The van der Waals surface area contributed by atoms with Gasteiger partial charge in [0, 0.05) is 13.5 Å². The summed E-state index contributed by atoms with van der Waals surface area (Å²) in [5.74, 6) is 0.636. The van der Waals surface area contributed by atoms with Crippen LogP contribution in [-0.2, 0) is 11.8 Å². The summed E-state index contributed by atoms with van der Waals surface area (Å²) in [6.07, 6.45) is 1.88. The van der Waals surface area contributed by atoms with Gasteiger partial charge >= 0.3 is 0 Å². The zero-order valence-electron chi connectivity index (χ0n) is 11.6. The fraction of sp³-hybridized carbons (Fsp3) is 0.615. The Labute approximate surface area is 108 Å². The molecule has 1 aromatic heterocycles. The first-order valence-corrected chi connectivity index (χ1v) is 5.97. The summed E-state index contributed by atoms with van der Waals surface area (Å²) in [4.78, 5) is 11.9. The third-order valence-corrected chi connectivity index (χ3v) is 3.29. The predicted molar refractivity (Wildman–Crippen MR) is 69.8 cm³/mol. The average Bonchev–Trinajstić information content (AvgIpc) is 2.58. The van der Waals surface area contributed by atoms with Crippen LogP contribution in [0, 0.1) is 22.7 Å². The summed E-state index contributed by atoms with van der Waals surface area (Å²) in [5, 5.41) is 15.6. The Morgan fingerprint density at radius 1 is 1.61 bits per heavy atom. The number of carbonyl (C=O) groups excluding carboxylic acids is 1. The molecule has 0 fully saturated rings. The van der Waals surface area contributed by atoms with Crippen LogP contribution in [0.15, 0.2) is 6.20 Å². The van der Waals surface area contributed by atoms with E-state index >= 15 is 0 Å². The molecule has 0 spiro atoms. The normalized spacial score (nSPS) is 12.9. The summed E-state index contributed by atoms with van der Waals surface area (Å²) in [6, 6.07) is 2.01. The van der Waals surface area contributed by atoms with E-state index in [1.165, 1.54) is 10.9 Å². The fourth-order valence-electron chi connectivity index (χ4n) is 1.43. The molecule has 1 atom stereocenters. The Balaban J connectivity index is 2.72. The molecule has 0 aliphatic rings. The number of nitrogens with one attached hydrogen (secondary N) is 1. The molecule has 18 heavy (non-hydrogen) atoms. The highest BCUT2D eigenvalue weighted by Gasteiger charge is 2.23. The van der Waals surface area contributed by atoms with Gasteiger partial charge in [-0.2, -0.15) is 10.4 Å². The van der Waals surface area contributed by atoms with Gasteiger partial charge in [-0.15, -0.1) is 0 Å². The van der Waals surface area contributed by atoms with Gasteiger partial charge in [-0.05, 0) is 11.3 Å². The minimum Gasteiger partial charge on any atom is -0.310 e. The van der Waals surface area contributed by atoms with E-state index in [2.05, 4.69) is 31.2 Å². The van der Waals surface area contributed by atoms with Gasteiger partial charge in [0.25, 0.3) is 0 Å². The van der Waals surface area contributed by atoms with E-state index < -0.39 is 0 Å².